The molecule has 0 aliphatic carbocycles. The number of aromatic nitrogens is 1. The summed E-state index contributed by atoms with van der Waals surface area (Å²) in [6.07, 6.45) is 1.34. The van der Waals surface area contributed by atoms with E-state index >= 15 is 0 Å². The summed E-state index contributed by atoms with van der Waals surface area (Å²) in [6, 6.07) is 9.90. The second kappa shape index (κ2) is 5.81. The first kappa shape index (κ1) is 16.3. The minimum Gasteiger partial charge on any atom is -0.459 e. The lowest BCUT2D eigenvalue weighted by Gasteiger charge is -2.10. The topological polar surface area (TPSA) is 107 Å². The lowest BCUT2D eigenvalue weighted by atomic mass is 10.2. The van der Waals surface area contributed by atoms with Crippen molar-refractivity contribution in [3.05, 3.63) is 54.0 Å². The highest BCUT2D eigenvalue weighted by molar-refractivity contribution is 7.89. The SMILES string of the molecule is CC(NS(=O)(=O)c1cc(C(N)=O)n(C)c1)c1cc2ccccc2o1. The fourth-order valence-electron chi connectivity index (χ4n) is 2.50. The molecule has 1 aromatic carbocycles. The quantitative estimate of drug-likeness (QED) is 0.735. The van der Waals surface area contributed by atoms with Gasteiger partial charge >= 0.3 is 0 Å². The van der Waals surface area contributed by atoms with Crippen molar-refractivity contribution in [1.82, 2.24) is 9.29 Å². The Kier molecular flexibility index (Phi) is 3.94. The molecule has 24 heavy (non-hydrogen) atoms. The van der Waals surface area contributed by atoms with E-state index in [0.717, 1.165) is 5.39 Å². The first-order valence-electron chi connectivity index (χ1n) is 7.25. The van der Waals surface area contributed by atoms with Gasteiger partial charge in [-0.2, -0.15) is 0 Å². The summed E-state index contributed by atoms with van der Waals surface area (Å²) in [7, 11) is -2.26. The lowest BCUT2D eigenvalue weighted by molar-refractivity contribution is 0.0992. The van der Waals surface area contributed by atoms with Gasteiger partial charge in [0, 0.05) is 18.6 Å². The Morgan fingerprint density at radius 2 is 2.00 bits per heavy atom. The van der Waals surface area contributed by atoms with Gasteiger partial charge in [-0.15, -0.1) is 0 Å². The molecule has 0 aliphatic heterocycles. The van der Waals surface area contributed by atoms with Gasteiger partial charge in [0.2, 0.25) is 10.0 Å². The number of carbonyl (C=O) groups excluding carboxylic acids is 1. The van der Waals surface area contributed by atoms with Crippen molar-refractivity contribution in [2.45, 2.75) is 17.9 Å². The zero-order chi connectivity index (χ0) is 17.5. The number of nitrogens with one attached hydrogen (secondary N) is 1. The molecule has 3 aromatic rings. The third kappa shape index (κ3) is 2.93. The summed E-state index contributed by atoms with van der Waals surface area (Å²) in [6.45, 7) is 1.69. The number of carbonyl (C=O) groups is 1. The largest absolute Gasteiger partial charge is 0.459 e. The molecule has 0 aliphatic rings. The lowest BCUT2D eigenvalue weighted by Crippen LogP contribution is -2.26. The fourth-order valence-corrected chi connectivity index (χ4v) is 3.78. The molecule has 1 amide bonds. The van der Waals surface area contributed by atoms with Crippen molar-refractivity contribution in [2.24, 2.45) is 12.8 Å². The highest BCUT2D eigenvalue weighted by Crippen LogP contribution is 2.25. The summed E-state index contributed by atoms with van der Waals surface area (Å²) in [5.74, 6) is -0.185. The van der Waals surface area contributed by atoms with E-state index in [1.165, 1.54) is 16.8 Å². The summed E-state index contributed by atoms with van der Waals surface area (Å²) in [5.41, 5.74) is 6.02. The Morgan fingerprint density at radius 1 is 1.29 bits per heavy atom. The number of furan rings is 1. The van der Waals surface area contributed by atoms with E-state index in [1.807, 2.05) is 24.3 Å². The van der Waals surface area contributed by atoms with E-state index < -0.39 is 22.0 Å². The molecular formula is C16H17N3O4S. The second-order valence-corrected chi connectivity index (χ2v) is 7.28. The molecule has 0 radical (unpaired) electrons. The molecule has 126 valence electrons. The minimum absolute atomic E-state index is 0.0261. The number of amides is 1. The normalized spacial score (nSPS) is 13.2. The molecule has 0 saturated heterocycles. The van der Waals surface area contributed by atoms with Crippen LogP contribution in [0.2, 0.25) is 0 Å². The van der Waals surface area contributed by atoms with E-state index in [4.69, 9.17) is 10.2 Å². The van der Waals surface area contributed by atoms with Gasteiger partial charge in [0.15, 0.2) is 0 Å². The highest BCUT2D eigenvalue weighted by Gasteiger charge is 2.23. The van der Waals surface area contributed by atoms with Crippen LogP contribution in [0, 0.1) is 0 Å². The van der Waals surface area contributed by atoms with Crippen LogP contribution in [-0.2, 0) is 17.1 Å². The molecule has 8 heteroatoms. The number of fused-ring (bicyclic) bond motifs is 1. The molecule has 0 saturated carbocycles. The van der Waals surface area contributed by atoms with Gasteiger partial charge in [0.05, 0.1) is 6.04 Å². The molecular weight excluding hydrogens is 330 g/mol. The second-order valence-electron chi connectivity index (χ2n) is 5.57. The van der Waals surface area contributed by atoms with Gasteiger partial charge in [-0.25, -0.2) is 13.1 Å². The van der Waals surface area contributed by atoms with Gasteiger partial charge in [-0.05, 0) is 25.1 Å². The highest BCUT2D eigenvalue weighted by atomic mass is 32.2. The number of nitrogens with two attached hydrogens (primary N) is 1. The Hall–Kier alpha value is -2.58. The Morgan fingerprint density at radius 3 is 2.62 bits per heavy atom. The molecule has 2 heterocycles. The number of hydrogen-bond acceptors (Lipinski definition) is 4. The Balaban J connectivity index is 1.88. The maximum atomic E-state index is 12.5. The van der Waals surface area contributed by atoms with Crippen LogP contribution in [0.25, 0.3) is 11.0 Å². The first-order valence-corrected chi connectivity index (χ1v) is 8.73. The predicted octanol–water partition coefficient (Wildman–Crippen LogP) is 1.91. The van der Waals surface area contributed by atoms with E-state index in [9.17, 15) is 13.2 Å². The van der Waals surface area contributed by atoms with Crippen LogP contribution >= 0.6 is 0 Å². The number of para-hydroxylation sites is 1. The molecule has 7 nitrogen and oxygen atoms in total. The Labute approximate surface area is 139 Å². The third-order valence-electron chi connectivity index (χ3n) is 3.75. The first-order chi connectivity index (χ1) is 11.3. The van der Waals surface area contributed by atoms with Crippen molar-refractivity contribution in [3.8, 4) is 0 Å². The average molecular weight is 347 g/mol. The van der Waals surface area contributed by atoms with Gasteiger partial charge in [-0.1, -0.05) is 18.2 Å². The fraction of sp³-hybridized carbons (Fsp3) is 0.188. The minimum atomic E-state index is -3.82. The number of nitrogens with zero attached hydrogens (tertiary/aromatic N) is 1. The number of rotatable bonds is 5. The summed E-state index contributed by atoms with van der Waals surface area (Å²) >= 11 is 0. The van der Waals surface area contributed by atoms with Gasteiger partial charge in [0.1, 0.15) is 21.9 Å². The van der Waals surface area contributed by atoms with Gasteiger partial charge in [0.25, 0.3) is 5.91 Å². The number of sulfonamides is 1. The van der Waals surface area contributed by atoms with Crippen LogP contribution in [0.4, 0.5) is 0 Å². The number of hydrogen-bond donors (Lipinski definition) is 2. The predicted molar refractivity (Wildman–Crippen MR) is 88.9 cm³/mol. The van der Waals surface area contributed by atoms with E-state index in [0.29, 0.717) is 11.3 Å². The van der Waals surface area contributed by atoms with Crippen LogP contribution in [0.5, 0.6) is 0 Å². The molecule has 0 bridgehead atoms. The molecule has 2 aromatic heterocycles. The van der Waals surface area contributed by atoms with Crippen molar-refractivity contribution < 1.29 is 17.6 Å². The van der Waals surface area contributed by atoms with Crippen LogP contribution in [-0.4, -0.2) is 18.9 Å². The van der Waals surface area contributed by atoms with Crippen molar-refractivity contribution in [3.63, 3.8) is 0 Å². The van der Waals surface area contributed by atoms with Crippen LogP contribution in [0.3, 0.4) is 0 Å². The van der Waals surface area contributed by atoms with Gasteiger partial charge in [-0.3, -0.25) is 4.79 Å². The zero-order valence-corrected chi connectivity index (χ0v) is 14.0. The van der Waals surface area contributed by atoms with Crippen LogP contribution < -0.4 is 10.5 Å². The average Bonchev–Trinajstić information content (AvgIpc) is 3.10. The van der Waals surface area contributed by atoms with Gasteiger partial charge < -0.3 is 14.7 Å². The van der Waals surface area contributed by atoms with Crippen molar-refractivity contribution in [1.29, 1.82) is 0 Å². The molecule has 0 fully saturated rings. The Bertz CT molecular complexity index is 984. The standard InChI is InChI=1S/C16H17N3O4S/c1-10(15-7-11-5-3-4-6-14(11)23-15)18-24(21,22)12-8-13(16(17)20)19(2)9-12/h3-10,18H,1-2H3,(H2,17,20). The summed E-state index contributed by atoms with van der Waals surface area (Å²) in [5, 5.41) is 0.897. The van der Waals surface area contributed by atoms with Crippen LogP contribution in [0.1, 0.15) is 29.2 Å². The van der Waals surface area contributed by atoms with E-state index in [-0.39, 0.29) is 10.6 Å². The number of primary amides is 1. The third-order valence-corrected chi connectivity index (χ3v) is 5.25. The zero-order valence-electron chi connectivity index (χ0n) is 13.2. The summed E-state index contributed by atoms with van der Waals surface area (Å²) < 4.78 is 34.6. The summed E-state index contributed by atoms with van der Waals surface area (Å²) in [4.78, 5) is 11.3. The molecule has 1 unspecified atom stereocenters. The van der Waals surface area contributed by atoms with Crippen molar-refractivity contribution in [2.75, 3.05) is 0 Å². The molecule has 0 spiro atoms. The molecule has 3 rings (SSSR count). The molecule has 3 N–H and O–H groups in total. The van der Waals surface area contributed by atoms with Crippen molar-refractivity contribution >= 4 is 26.9 Å². The van der Waals surface area contributed by atoms with E-state index in [1.54, 1.807) is 20.0 Å². The smallest absolute Gasteiger partial charge is 0.265 e. The maximum Gasteiger partial charge on any atom is 0.265 e. The number of benzene rings is 1. The van der Waals surface area contributed by atoms with Crippen LogP contribution in [0.15, 0.2) is 51.9 Å². The van der Waals surface area contributed by atoms with E-state index in [2.05, 4.69) is 4.72 Å². The maximum absolute atomic E-state index is 12.5. The number of aryl methyl sites for hydroxylation is 1. The monoisotopic (exact) mass is 347 g/mol. The molecule has 1 atom stereocenters.